The molecule has 0 aliphatic carbocycles. The number of amides is 1. The highest BCUT2D eigenvalue weighted by atomic mass is 35.5. The van der Waals surface area contributed by atoms with Crippen LogP contribution < -0.4 is 4.90 Å². The van der Waals surface area contributed by atoms with Gasteiger partial charge < -0.3 is 14.8 Å². The molecular weight excluding hydrogens is 440 g/mol. The lowest BCUT2D eigenvalue weighted by atomic mass is 10.1. The van der Waals surface area contributed by atoms with Gasteiger partial charge in [-0.2, -0.15) is 0 Å². The zero-order valence-electron chi connectivity index (χ0n) is 17.5. The number of nitrogens with one attached hydrogen (secondary N) is 1. The van der Waals surface area contributed by atoms with E-state index in [0.717, 1.165) is 56.9 Å². The number of thioether (sulfide) groups is 1. The summed E-state index contributed by atoms with van der Waals surface area (Å²) in [6.45, 7) is 2.94. The molecule has 1 saturated heterocycles. The van der Waals surface area contributed by atoms with Crippen LogP contribution in [0.2, 0.25) is 5.02 Å². The number of aromatic amines is 1. The SMILES string of the molecule is O=C(c1ccc(CSc2nc3ccccc3[nH]2)cc1)N1CCN(c2ccccc2Cl)CC1. The number of imidazole rings is 1. The molecule has 1 aliphatic rings. The van der Waals surface area contributed by atoms with Gasteiger partial charge in [-0.3, -0.25) is 4.79 Å². The van der Waals surface area contributed by atoms with Crippen molar-refractivity contribution >= 4 is 46.0 Å². The molecule has 1 N–H and O–H groups in total. The van der Waals surface area contributed by atoms with Crippen molar-refractivity contribution in [2.24, 2.45) is 0 Å². The number of halogens is 1. The van der Waals surface area contributed by atoms with E-state index in [0.29, 0.717) is 13.1 Å². The maximum atomic E-state index is 13.0. The Morgan fingerprint density at radius 3 is 2.41 bits per heavy atom. The summed E-state index contributed by atoms with van der Waals surface area (Å²) >= 11 is 7.99. The second-order valence-corrected chi connectivity index (χ2v) is 9.15. The summed E-state index contributed by atoms with van der Waals surface area (Å²) in [5.74, 6) is 0.880. The number of rotatable bonds is 5. The minimum atomic E-state index is 0.0836. The normalized spacial score (nSPS) is 14.2. The van der Waals surface area contributed by atoms with E-state index in [4.69, 9.17) is 11.6 Å². The molecule has 1 amide bonds. The fraction of sp³-hybridized carbons (Fsp3) is 0.200. The van der Waals surface area contributed by atoms with Gasteiger partial charge in [0.2, 0.25) is 0 Å². The first-order valence-electron chi connectivity index (χ1n) is 10.6. The quantitative estimate of drug-likeness (QED) is 0.399. The van der Waals surface area contributed by atoms with E-state index in [1.165, 1.54) is 0 Å². The van der Waals surface area contributed by atoms with Crippen LogP contribution in [0.1, 0.15) is 15.9 Å². The molecule has 0 spiro atoms. The first-order valence-corrected chi connectivity index (χ1v) is 12.0. The lowest BCUT2D eigenvalue weighted by Crippen LogP contribution is -2.48. The molecule has 32 heavy (non-hydrogen) atoms. The van der Waals surface area contributed by atoms with Gasteiger partial charge >= 0.3 is 0 Å². The van der Waals surface area contributed by atoms with Crippen molar-refractivity contribution < 1.29 is 4.79 Å². The van der Waals surface area contributed by atoms with Crippen LogP contribution in [0.4, 0.5) is 5.69 Å². The molecule has 2 heterocycles. The molecule has 0 saturated carbocycles. The van der Waals surface area contributed by atoms with E-state index in [1.807, 2.05) is 77.7 Å². The van der Waals surface area contributed by atoms with E-state index in [-0.39, 0.29) is 5.91 Å². The largest absolute Gasteiger partial charge is 0.367 e. The molecule has 7 heteroatoms. The second-order valence-electron chi connectivity index (χ2n) is 7.78. The third-order valence-corrected chi connectivity index (χ3v) is 6.97. The average Bonchev–Trinajstić information content (AvgIpc) is 3.26. The highest BCUT2D eigenvalue weighted by Gasteiger charge is 2.23. The zero-order chi connectivity index (χ0) is 21.9. The summed E-state index contributed by atoms with van der Waals surface area (Å²) in [5, 5.41) is 1.66. The van der Waals surface area contributed by atoms with Crippen LogP contribution >= 0.6 is 23.4 Å². The molecule has 4 aromatic rings. The second kappa shape index (κ2) is 9.27. The molecule has 3 aromatic carbocycles. The standard InChI is InChI=1S/C25H23ClN4OS/c26-20-5-1-4-8-23(20)29-13-15-30(16-14-29)24(31)19-11-9-18(10-12-19)17-32-25-27-21-6-2-3-7-22(21)28-25/h1-12H,13-17H2,(H,27,28). The van der Waals surface area contributed by atoms with Crippen LogP contribution in [-0.2, 0) is 5.75 Å². The fourth-order valence-corrected chi connectivity index (χ4v) is 5.03. The summed E-state index contributed by atoms with van der Waals surface area (Å²) < 4.78 is 0. The van der Waals surface area contributed by atoms with Crippen LogP contribution in [0.5, 0.6) is 0 Å². The number of carbonyl (C=O) groups is 1. The number of anilines is 1. The lowest BCUT2D eigenvalue weighted by Gasteiger charge is -2.36. The van der Waals surface area contributed by atoms with Gasteiger partial charge in [-0.05, 0) is 42.0 Å². The highest BCUT2D eigenvalue weighted by molar-refractivity contribution is 7.98. The van der Waals surface area contributed by atoms with Gasteiger partial charge in [-0.25, -0.2) is 4.98 Å². The third kappa shape index (κ3) is 4.47. The molecule has 0 atom stereocenters. The van der Waals surface area contributed by atoms with Crippen molar-refractivity contribution in [2.75, 3.05) is 31.1 Å². The van der Waals surface area contributed by atoms with Crippen molar-refractivity contribution in [2.45, 2.75) is 10.9 Å². The number of aromatic nitrogens is 2. The van der Waals surface area contributed by atoms with E-state index in [9.17, 15) is 4.79 Å². The smallest absolute Gasteiger partial charge is 0.253 e. The van der Waals surface area contributed by atoms with E-state index >= 15 is 0 Å². The van der Waals surface area contributed by atoms with Crippen molar-refractivity contribution in [1.29, 1.82) is 0 Å². The number of H-pyrrole nitrogens is 1. The summed E-state index contributed by atoms with van der Waals surface area (Å²) in [6, 6.07) is 23.8. The Kier molecular flexibility index (Phi) is 6.06. The first kappa shape index (κ1) is 20.9. The van der Waals surface area contributed by atoms with Crippen LogP contribution in [-0.4, -0.2) is 47.0 Å². The summed E-state index contributed by atoms with van der Waals surface area (Å²) in [6.07, 6.45) is 0. The van der Waals surface area contributed by atoms with Crippen LogP contribution in [0.15, 0.2) is 78.0 Å². The van der Waals surface area contributed by atoms with E-state index < -0.39 is 0 Å². The molecule has 0 unspecified atom stereocenters. The van der Waals surface area contributed by atoms with Crippen LogP contribution in [0.25, 0.3) is 11.0 Å². The maximum absolute atomic E-state index is 13.0. The Bertz CT molecular complexity index is 1200. The monoisotopic (exact) mass is 462 g/mol. The van der Waals surface area contributed by atoms with Crippen LogP contribution in [0, 0.1) is 0 Å². The molecule has 1 aliphatic heterocycles. The van der Waals surface area contributed by atoms with Crippen molar-refractivity contribution in [1.82, 2.24) is 14.9 Å². The molecule has 162 valence electrons. The van der Waals surface area contributed by atoms with Crippen molar-refractivity contribution in [3.63, 3.8) is 0 Å². The van der Waals surface area contributed by atoms with Gasteiger partial charge in [-0.15, -0.1) is 0 Å². The van der Waals surface area contributed by atoms with Gasteiger partial charge in [0.15, 0.2) is 5.16 Å². The van der Waals surface area contributed by atoms with Gasteiger partial charge in [0.1, 0.15) is 0 Å². The maximum Gasteiger partial charge on any atom is 0.253 e. The number of piperazine rings is 1. The first-order chi connectivity index (χ1) is 15.7. The molecular formula is C25H23ClN4OS. The predicted molar refractivity (Wildman–Crippen MR) is 132 cm³/mol. The minimum absolute atomic E-state index is 0.0836. The Morgan fingerprint density at radius 2 is 1.66 bits per heavy atom. The molecule has 1 fully saturated rings. The Morgan fingerprint density at radius 1 is 0.938 bits per heavy atom. The van der Waals surface area contributed by atoms with Gasteiger partial charge in [0.25, 0.3) is 5.91 Å². The van der Waals surface area contributed by atoms with Crippen molar-refractivity contribution in [3.05, 3.63) is 88.9 Å². The fourth-order valence-electron chi connectivity index (χ4n) is 3.93. The predicted octanol–water partition coefficient (Wildman–Crippen LogP) is 5.47. The number of fused-ring (bicyclic) bond motifs is 1. The van der Waals surface area contributed by atoms with Crippen LogP contribution in [0.3, 0.4) is 0 Å². The molecule has 5 nitrogen and oxygen atoms in total. The number of nitrogens with zero attached hydrogens (tertiary/aromatic N) is 3. The number of para-hydroxylation sites is 3. The minimum Gasteiger partial charge on any atom is -0.367 e. The number of hydrogen-bond acceptors (Lipinski definition) is 4. The summed E-state index contributed by atoms with van der Waals surface area (Å²) in [5.41, 5.74) is 4.95. The van der Waals surface area contributed by atoms with Gasteiger partial charge in [0, 0.05) is 37.5 Å². The summed E-state index contributed by atoms with van der Waals surface area (Å²) in [7, 11) is 0. The zero-order valence-corrected chi connectivity index (χ0v) is 19.1. The Balaban J connectivity index is 1.17. The van der Waals surface area contributed by atoms with Gasteiger partial charge in [0.05, 0.1) is 21.7 Å². The van der Waals surface area contributed by atoms with E-state index in [1.54, 1.807) is 11.8 Å². The molecule has 1 aromatic heterocycles. The molecule has 0 radical (unpaired) electrons. The number of carbonyl (C=O) groups excluding carboxylic acids is 1. The van der Waals surface area contributed by atoms with Gasteiger partial charge in [-0.1, -0.05) is 59.8 Å². The number of hydrogen-bond donors (Lipinski definition) is 1. The Hall–Kier alpha value is -2.96. The molecule has 0 bridgehead atoms. The topological polar surface area (TPSA) is 52.2 Å². The third-order valence-electron chi connectivity index (χ3n) is 5.70. The number of benzene rings is 3. The Labute approximate surface area is 196 Å². The molecule has 5 rings (SSSR count). The average molecular weight is 463 g/mol. The lowest BCUT2D eigenvalue weighted by molar-refractivity contribution is 0.0747. The highest BCUT2D eigenvalue weighted by Crippen LogP contribution is 2.27. The summed E-state index contributed by atoms with van der Waals surface area (Å²) in [4.78, 5) is 25.1. The van der Waals surface area contributed by atoms with E-state index in [2.05, 4.69) is 14.9 Å². The van der Waals surface area contributed by atoms with Crippen molar-refractivity contribution in [3.8, 4) is 0 Å².